The maximum Gasteiger partial charge on any atom is 0.0840 e. The van der Waals surface area contributed by atoms with Gasteiger partial charge in [0.2, 0.25) is 0 Å². The minimum absolute atomic E-state index is 0.0636. The van der Waals surface area contributed by atoms with Gasteiger partial charge in [0.15, 0.2) is 0 Å². The number of benzene rings is 1. The van der Waals surface area contributed by atoms with Crippen molar-refractivity contribution in [2.24, 2.45) is 7.05 Å². The lowest BCUT2D eigenvalue weighted by Gasteiger charge is -2.13. The molecular weight excluding hydrogens is 262 g/mol. The van der Waals surface area contributed by atoms with E-state index in [9.17, 15) is 0 Å². The van der Waals surface area contributed by atoms with Gasteiger partial charge in [0, 0.05) is 25.0 Å². The molecule has 3 aromatic rings. The van der Waals surface area contributed by atoms with Crippen molar-refractivity contribution in [1.82, 2.24) is 24.9 Å². The lowest BCUT2D eigenvalue weighted by molar-refractivity contribution is 0.599. The van der Waals surface area contributed by atoms with Crippen LogP contribution in [-0.4, -0.2) is 26.1 Å². The summed E-state index contributed by atoms with van der Waals surface area (Å²) in [5.41, 5.74) is 3.17. The molecule has 0 amide bonds. The number of aryl methyl sites for hydroxylation is 1. The number of nitrogens with one attached hydrogen (secondary N) is 1. The number of aromatic nitrogens is 4. The summed E-state index contributed by atoms with van der Waals surface area (Å²) in [5.74, 6) is 0. The molecule has 0 saturated heterocycles. The molecular formula is C16H19N5. The molecule has 0 bridgehead atoms. The largest absolute Gasteiger partial charge is 0.305 e. The van der Waals surface area contributed by atoms with Crippen LogP contribution in [0.15, 0.2) is 55.0 Å². The van der Waals surface area contributed by atoms with Crippen LogP contribution in [0, 0.1) is 0 Å². The Hall–Kier alpha value is -2.40. The predicted molar refractivity (Wildman–Crippen MR) is 82.3 cm³/mol. The first-order chi connectivity index (χ1) is 10.3. The molecule has 2 aromatic heterocycles. The molecule has 0 aliphatic heterocycles. The Labute approximate surface area is 124 Å². The first-order valence-corrected chi connectivity index (χ1v) is 7.11. The number of rotatable bonds is 5. The molecule has 108 valence electrons. The summed E-state index contributed by atoms with van der Waals surface area (Å²) < 4.78 is 3.71. The SMILES string of the molecule is CCNC(c1cnn(-c2ccccc2)c1)c1ccn(C)n1. The Kier molecular flexibility index (Phi) is 3.83. The summed E-state index contributed by atoms with van der Waals surface area (Å²) in [6, 6.07) is 12.2. The Balaban J connectivity index is 1.92. The summed E-state index contributed by atoms with van der Waals surface area (Å²) in [6.07, 6.45) is 5.91. The van der Waals surface area contributed by atoms with Crippen LogP contribution in [0.2, 0.25) is 0 Å². The van der Waals surface area contributed by atoms with Crippen molar-refractivity contribution in [2.45, 2.75) is 13.0 Å². The van der Waals surface area contributed by atoms with Crippen LogP contribution in [0.5, 0.6) is 0 Å². The van der Waals surface area contributed by atoms with Gasteiger partial charge in [0.25, 0.3) is 0 Å². The monoisotopic (exact) mass is 281 g/mol. The predicted octanol–water partition coefficient (Wildman–Crippen LogP) is 2.30. The second kappa shape index (κ2) is 5.93. The lowest BCUT2D eigenvalue weighted by Crippen LogP contribution is -2.22. The highest BCUT2D eigenvalue weighted by Gasteiger charge is 2.17. The van der Waals surface area contributed by atoms with E-state index in [0.717, 1.165) is 23.5 Å². The van der Waals surface area contributed by atoms with E-state index in [4.69, 9.17) is 0 Å². The highest BCUT2D eigenvalue weighted by molar-refractivity contribution is 5.32. The molecule has 0 saturated carbocycles. The van der Waals surface area contributed by atoms with Crippen molar-refractivity contribution in [3.8, 4) is 5.69 Å². The second-order valence-corrected chi connectivity index (χ2v) is 4.96. The Morgan fingerprint density at radius 3 is 2.67 bits per heavy atom. The number of hydrogen-bond acceptors (Lipinski definition) is 3. The summed E-state index contributed by atoms with van der Waals surface area (Å²) in [4.78, 5) is 0. The van der Waals surface area contributed by atoms with E-state index in [0.29, 0.717) is 0 Å². The molecule has 1 aromatic carbocycles. The molecule has 0 aliphatic carbocycles. The summed E-state index contributed by atoms with van der Waals surface area (Å²) in [5, 5.41) is 12.4. The van der Waals surface area contributed by atoms with Crippen LogP contribution in [-0.2, 0) is 7.05 Å². The van der Waals surface area contributed by atoms with Gasteiger partial charge in [-0.25, -0.2) is 4.68 Å². The van der Waals surface area contributed by atoms with Gasteiger partial charge in [-0.1, -0.05) is 25.1 Å². The quantitative estimate of drug-likeness (QED) is 0.780. The molecule has 1 atom stereocenters. The van der Waals surface area contributed by atoms with Gasteiger partial charge >= 0.3 is 0 Å². The molecule has 1 unspecified atom stereocenters. The third-order valence-electron chi connectivity index (χ3n) is 3.39. The lowest BCUT2D eigenvalue weighted by atomic mass is 10.1. The maximum atomic E-state index is 4.51. The van der Waals surface area contributed by atoms with E-state index in [1.54, 1.807) is 0 Å². The van der Waals surface area contributed by atoms with Crippen LogP contribution in [0.3, 0.4) is 0 Å². The van der Waals surface area contributed by atoms with Gasteiger partial charge in [-0.2, -0.15) is 10.2 Å². The number of nitrogens with zero attached hydrogens (tertiary/aromatic N) is 4. The molecule has 5 nitrogen and oxygen atoms in total. The molecule has 21 heavy (non-hydrogen) atoms. The fourth-order valence-electron chi connectivity index (χ4n) is 2.39. The Morgan fingerprint density at radius 2 is 2.00 bits per heavy atom. The van der Waals surface area contributed by atoms with Crippen molar-refractivity contribution in [2.75, 3.05) is 6.54 Å². The van der Waals surface area contributed by atoms with Crippen LogP contribution < -0.4 is 5.32 Å². The molecule has 1 N–H and O–H groups in total. The summed E-state index contributed by atoms with van der Waals surface area (Å²) in [6.45, 7) is 2.97. The topological polar surface area (TPSA) is 47.7 Å². The van der Waals surface area contributed by atoms with Crippen LogP contribution in [0.1, 0.15) is 24.2 Å². The van der Waals surface area contributed by atoms with E-state index >= 15 is 0 Å². The number of hydrogen-bond donors (Lipinski definition) is 1. The number of para-hydroxylation sites is 1. The van der Waals surface area contributed by atoms with Crippen LogP contribution >= 0.6 is 0 Å². The van der Waals surface area contributed by atoms with Crippen molar-refractivity contribution < 1.29 is 0 Å². The van der Waals surface area contributed by atoms with Gasteiger partial charge in [0.1, 0.15) is 0 Å². The average molecular weight is 281 g/mol. The van der Waals surface area contributed by atoms with Crippen molar-refractivity contribution >= 4 is 0 Å². The third kappa shape index (κ3) is 2.87. The standard InChI is InChI=1S/C16H19N5/c1-3-17-16(15-9-10-20(2)19-15)13-11-18-21(12-13)14-7-5-4-6-8-14/h4-12,16-17H,3H2,1-2H3. The van der Waals surface area contributed by atoms with Crippen LogP contribution in [0.4, 0.5) is 0 Å². The second-order valence-electron chi connectivity index (χ2n) is 4.96. The van der Waals surface area contributed by atoms with Gasteiger partial charge in [-0.3, -0.25) is 4.68 Å². The molecule has 3 rings (SSSR count). The fourth-order valence-corrected chi connectivity index (χ4v) is 2.39. The van der Waals surface area contributed by atoms with Crippen LogP contribution in [0.25, 0.3) is 5.69 Å². The Morgan fingerprint density at radius 1 is 1.19 bits per heavy atom. The smallest absolute Gasteiger partial charge is 0.0840 e. The van der Waals surface area contributed by atoms with Crippen molar-refractivity contribution in [1.29, 1.82) is 0 Å². The fraction of sp³-hybridized carbons (Fsp3) is 0.250. The minimum atomic E-state index is 0.0636. The molecule has 2 heterocycles. The molecule has 0 spiro atoms. The average Bonchev–Trinajstić information content (AvgIpc) is 3.15. The normalized spacial score (nSPS) is 12.5. The first-order valence-electron chi connectivity index (χ1n) is 7.11. The molecule has 5 heteroatoms. The molecule has 0 aliphatic rings. The van der Waals surface area contributed by atoms with Crippen molar-refractivity contribution in [3.05, 3.63) is 66.2 Å². The Bertz CT molecular complexity index is 698. The highest BCUT2D eigenvalue weighted by Crippen LogP contribution is 2.21. The third-order valence-corrected chi connectivity index (χ3v) is 3.39. The van der Waals surface area contributed by atoms with Gasteiger partial charge in [-0.05, 0) is 24.7 Å². The van der Waals surface area contributed by atoms with E-state index in [-0.39, 0.29) is 6.04 Å². The molecule has 0 radical (unpaired) electrons. The van der Waals surface area contributed by atoms with Gasteiger partial charge < -0.3 is 5.32 Å². The zero-order chi connectivity index (χ0) is 14.7. The molecule has 0 fully saturated rings. The van der Waals surface area contributed by atoms with Crippen molar-refractivity contribution in [3.63, 3.8) is 0 Å². The van der Waals surface area contributed by atoms with E-state index in [1.165, 1.54) is 0 Å². The van der Waals surface area contributed by atoms with E-state index in [2.05, 4.69) is 28.6 Å². The maximum absolute atomic E-state index is 4.51. The summed E-state index contributed by atoms with van der Waals surface area (Å²) >= 11 is 0. The summed E-state index contributed by atoms with van der Waals surface area (Å²) in [7, 11) is 1.93. The van der Waals surface area contributed by atoms with E-state index < -0.39 is 0 Å². The first kappa shape index (κ1) is 13.6. The zero-order valence-electron chi connectivity index (χ0n) is 12.3. The minimum Gasteiger partial charge on any atom is -0.305 e. The van der Waals surface area contributed by atoms with E-state index in [1.807, 2.05) is 65.2 Å². The highest BCUT2D eigenvalue weighted by atomic mass is 15.3. The van der Waals surface area contributed by atoms with Gasteiger partial charge in [-0.15, -0.1) is 0 Å². The zero-order valence-corrected chi connectivity index (χ0v) is 12.3. The van der Waals surface area contributed by atoms with Gasteiger partial charge in [0.05, 0.1) is 23.6 Å².